The molecule has 0 spiro atoms. The standard InChI is InChI=1S/C51H36N4OS/c1-3-13-31(14-4-1)49-52-50(32-15-5-2-6-16-32)54-51(53-49)40-21-12-24-46-47(40)39-20-11-19-35(48(39)57-46)33-25-28-44-41(29-33)38-27-26-34(30-45(38)56-44)55-42-22-9-7-17-36(42)37-18-8-10-23-43(37)55/h1,3-5,7-30,50-51,54H,2,6H2,(H,52,53). The smallest absolute Gasteiger partial charge is 0.137 e. The molecule has 0 saturated carbocycles. The number of hydrogen-bond acceptors (Lipinski definition) is 5. The zero-order chi connectivity index (χ0) is 37.5. The topological polar surface area (TPSA) is 54.5 Å². The first-order valence-electron chi connectivity index (χ1n) is 19.7. The maximum absolute atomic E-state index is 6.58. The Hall–Kier alpha value is -6.73. The van der Waals surface area contributed by atoms with Gasteiger partial charge in [-0.1, -0.05) is 121 Å². The summed E-state index contributed by atoms with van der Waals surface area (Å²) in [6.45, 7) is 0. The predicted molar refractivity (Wildman–Crippen MR) is 239 cm³/mol. The van der Waals surface area contributed by atoms with Crippen LogP contribution in [0.4, 0.5) is 0 Å². The molecule has 0 bridgehead atoms. The third-order valence-corrected chi connectivity index (χ3v) is 12.9. The second kappa shape index (κ2) is 12.9. The number of fused-ring (bicyclic) bond motifs is 9. The highest BCUT2D eigenvalue weighted by atomic mass is 32.1. The first-order chi connectivity index (χ1) is 28.2. The van der Waals surface area contributed by atoms with Crippen molar-refractivity contribution < 1.29 is 4.42 Å². The summed E-state index contributed by atoms with van der Waals surface area (Å²) in [4.78, 5) is 5.19. The van der Waals surface area contributed by atoms with Crippen molar-refractivity contribution in [3.8, 4) is 16.8 Å². The molecule has 0 fully saturated rings. The third kappa shape index (κ3) is 5.22. The van der Waals surface area contributed by atoms with Gasteiger partial charge in [-0.3, -0.25) is 5.32 Å². The molecule has 2 atom stereocenters. The van der Waals surface area contributed by atoms with Crippen molar-refractivity contribution in [2.75, 3.05) is 0 Å². The molecule has 4 heterocycles. The highest BCUT2D eigenvalue weighted by Gasteiger charge is 2.28. The second-order valence-electron chi connectivity index (χ2n) is 15.0. The Morgan fingerprint density at radius 1 is 0.632 bits per heavy atom. The lowest BCUT2D eigenvalue weighted by Gasteiger charge is -2.33. The molecule has 5 nitrogen and oxygen atoms in total. The van der Waals surface area contributed by atoms with Crippen LogP contribution in [0, 0.1) is 0 Å². The molecule has 57 heavy (non-hydrogen) atoms. The molecule has 6 heteroatoms. The van der Waals surface area contributed by atoms with Crippen LogP contribution in [0.1, 0.15) is 30.1 Å². The van der Waals surface area contributed by atoms with E-state index in [2.05, 4.69) is 185 Å². The molecule has 1 aliphatic heterocycles. The Balaban J connectivity index is 0.956. The monoisotopic (exact) mass is 752 g/mol. The van der Waals surface area contributed by atoms with Gasteiger partial charge in [0.05, 0.1) is 11.0 Å². The first kappa shape index (κ1) is 32.5. The van der Waals surface area contributed by atoms with Gasteiger partial charge < -0.3 is 14.3 Å². The van der Waals surface area contributed by atoms with E-state index in [0.717, 1.165) is 51.9 Å². The van der Waals surface area contributed by atoms with E-state index in [1.165, 1.54) is 64.2 Å². The van der Waals surface area contributed by atoms with Crippen LogP contribution in [0.3, 0.4) is 0 Å². The lowest BCUT2D eigenvalue weighted by molar-refractivity contribution is 0.436. The Bertz CT molecular complexity index is 3270. The maximum atomic E-state index is 6.58. The van der Waals surface area contributed by atoms with E-state index >= 15 is 0 Å². The summed E-state index contributed by atoms with van der Waals surface area (Å²) in [7, 11) is 0. The Morgan fingerprint density at radius 3 is 2.25 bits per heavy atom. The van der Waals surface area contributed by atoms with Crippen LogP contribution in [0.25, 0.3) is 80.7 Å². The minimum atomic E-state index is -0.145. The first-order valence-corrected chi connectivity index (χ1v) is 20.5. The Kier molecular flexibility index (Phi) is 7.37. The number of aromatic nitrogens is 1. The number of nitrogens with one attached hydrogen (secondary N) is 2. The molecule has 0 saturated heterocycles. The van der Waals surface area contributed by atoms with Gasteiger partial charge in [-0.25, -0.2) is 4.99 Å². The van der Waals surface area contributed by atoms with Crippen LogP contribution in [0.5, 0.6) is 0 Å². The Morgan fingerprint density at radius 2 is 1.42 bits per heavy atom. The van der Waals surface area contributed by atoms with Crippen molar-refractivity contribution in [3.63, 3.8) is 0 Å². The molecule has 0 amide bonds. The van der Waals surface area contributed by atoms with Crippen molar-refractivity contribution in [1.29, 1.82) is 0 Å². The molecule has 7 aromatic carbocycles. The minimum Gasteiger partial charge on any atom is -0.456 e. The number of allylic oxidation sites excluding steroid dienone is 2. The summed E-state index contributed by atoms with van der Waals surface area (Å²) < 4.78 is 11.5. The van der Waals surface area contributed by atoms with Gasteiger partial charge in [-0.05, 0) is 77.6 Å². The van der Waals surface area contributed by atoms with E-state index in [0.29, 0.717) is 0 Å². The summed E-state index contributed by atoms with van der Waals surface area (Å²) >= 11 is 1.87. The lowest BCUT2D eigenvalue weighted by Crippen LogP contribution is -2.49. The highest BCUT2D eigenvalue weighted by molar-refractivity contribution is 7.26. The predicted octanol–water partition coefficient (Wildman–Crippen LogP) is 13.0. The second-order valence-corrected chi connectivity index (χ2v) is 16.1. The normalized spacial score (nSPS) is 17.2. The van der Waals surface area contributed by atoms with Crippen LogP contribution >= 0.6 is 11.3 Å². The van der Waals surface area contributed by atoms with Crippen molar-refractivity contribution in [1.82, 2.24) is 15.2 Å². The fraction of sp³-hybridized carbons (Fsp3) is 0.0784. The quantitative estimate of drug-likeness (QED) is 0.184. The van der Waals surface area contributed by atoms with Crippen molar-refractivity contribution in [3.05, 3.63) is 187 Å². The van der Waals surface area contributed by atoms with Gasteiger partial charge in [0, 0.05) is 59.0 Å². The number of thiophene rings is 1. The van der Waals surface area contributed by atoms with Gasteiger partial charge >= 0.3 is 0 Å². The fourth-order valence-electron chi connectivity index (χ4n) is 9.08. The average molecular weight is 753 g/mol. The molecular weight excluding hydrogens is 717 g/mol. The summed E-state index contributed by atoms with van der Waals surface area (Å²) in [5.74, 6) is 0.907. The third-order valence-electron chi connectivity index (χ3n) is 11.7. The molecule has 2 N–H and O–H groups in total. The van der Waals surface area contributed by atoms with Crippen LogP contribution in [-0.4, -0.2) is 16.6 Å². The van der Waals surface area contributed by atoms with Crippen molar-refractivity contribution in [2.24, 2.45) is 4.99 Å². The number of furan rings is 1. The van der Waals surface area contributed by atoms with Gasteiger partial charge in [0.2, 0.25) is 0 Å². The van der Waals surface area contributed by atoms with Crippen LogP contribution in [0.15, 0.2) is 185 Å². The fourth-order valence-corrected chi connectivity index (χ4v) is 10.4. The molecule has 272 valence electrons. The summed E-state index contributed by atoms with van der Waals surface area (Å²) in [6, 6.07) is 54.5. The van der Waals surface area contributed by atoms with Crippen LogP contribution < -0.4 is 10.6 Å². The van der Waals surface area contributed by atoms with Crippen LogP contribution in [0.2, 0.25) is 0 Å². The van der Waals surface area contributed by atoms with E-state index in [4.69, 9.17) is 9.41 Å². The van der Waals surface area contributed by atoms with Gasteiger partial charge in [-0.2, -0.15) is 0 Å². The van der Waals surface area contributed by atoms with Gasteiger partial charge in [-0.15, -0.1) is 11.3 Å². The Labute approximate surface area is 332 Å². The maximum Gasteiger partial charge on any atom is 0.137 e. The van der Waals surface area contributed by atoms with Gasteiger partial charge in [0.15, 0.2) is 0 Å². The number of para-hydroxylation sites is 2. The molecule has 12 rings (SSSR count). The molecule has 0 radical (unpaired) electrons. The zero-order valence-corrected chi connectivity index (χ0v) is 31.8. The molecular formula is C51H36N4OS. The van der Waals surface area contributed by atoms with E-state index in [-0.39, 0.29) is 12.3 Å². The van der Waals surface area contributed by atoms with Crippen LogP contribution in [-0.2, 0) is 0 Å². The van der Waals surface area contributed by atoms with E-state index in [1.54, 1.807) is 0 Å². The van der Waals surface area contributed by atoms with E-state index in [9.17, 15) is 0 Å². The van der Waals surface area contributed by atoms with Gasteiger partial charge in [0.1, 0.15) is 29.3 Å². The number of hydrogen-bond donors (Lipinski definition) is 2. The van der Waals surface area contributed by atoms with Gasteiger partial charge in [0.25, 0.3) is 0 Å². The molecule has 2 aliphatic rings. The lowest BCUT2D eigenvalue weighted by atomic mass is 9.97. The number of aliphatic imine (C=N–C) groups is 1. The largest absolute Gasteiger partial charge is 0.456 e. The molecule has 2 unspecified atom stereocenters. The number of rotatable bonds is 5. The van der Waals surface area contributed by atoms with Crippen molar-refractivity contribution in [2.45, 2.75) is 25.2 Å². The summed E-state index contributed by atoms with van der Waals surface area (Å²) in [6.07, 6.45) is 8.64. The number of nitrogens with zero attached hydrogens (tertiary/aromatic N) is 2. The minimum absolute atomic E-state index is 0.134. The average Bonchev–Trinajstić information content (AvgIpc) is 3.96. The summed E-state index contributed by atoms with van der Waals surface area (Å²) in [5.41, 5.74) is 11.2. The van der Waals surface area contributed by atoms with E-state index < -0.39 is 0 Å². The SMILES string of the molecule is C1=CC(C2N=C(c3ccccc3)NC(c3cccc4sc5c(-c6ccc7oc8cc(-n9c%10ccccc%10c%10ccccc%109)ccc8c7c6)cccc5c34)N2)=CCC1. The molecule has 10 aromatic rings. The highest BCUT2D eigenvalue weighted by Crippen LogP contribution is 2.44. The zero-order valence-electron chi connectivity index (χ0n) is 30.9. The molecule has 3 aromatic heterocycles. The number of benzene rings is 7. The van der Waals surface area contributed by atoms with E-state index in [1.807, 2.05) is 11.3 Å². The summed E-state index contributed by atoms with van der Waals surface area (Å²) in [5, 5.41) is 14.9. The molecule has 1 aliphatic carbocycles. The van der Waals surface area contributed by atoms with Crippen molar-refractivity contribution >= 4 is 81.1 Å². The number of amidine groups is 1.